The van der Waals surface area contributed by atoms with Gasteiger partial charge in [0.25, 0.3) is 10.0 Å². The molecule has 0 radical (unpaired) electrons. The summed E-state index contributed by atoms with van der Waals surface area (Å²) in [7, 11) is -2.27. The van der Waals surface area contributed by atoms with Crippen molar-refractivity contribution >= 4 is 37.7 Å². The van der Waals surface area contributed by atoms with Crippen molar-refractivity contribution in [3.05, 3.63) is 60.0 Å². The molecule has 0 bridgehead atoms. The van der Waals surface area contributed by atoms with E-state index in [1.807, 2.05) is 29.1 Å². The normalized spacial score (nSPS) is 13.8. The van der Waals surface area contributed by atoms with Crippen molar-refractivity contribution in [3.63, 3.8) is 0 Å². The highest BCUT2D eigenvalue weighted by Crippen LogP contribution is 2.41. The lowest BCUT2D eigenvalue weighted by atomic mass is 9.97. The number of hydrogen-bond acceptors (Lipinski definition) is 7. The van der Waals surface area contributed by atoms with E-state index in [0.29, 0.717) is 35.4 Å². The van der Waals surface area contributed by atoms with Crippen LogP contribution in [0.2, 0.25) is 0 Å². The van der Waals surface area contributed by atoms with Crippen molar-refractivity contribution in [1.29, 1.82) is 0 Å². The summed E-state index contributed by atoms with van der Waals surface area (Å²) in [5.74, 6) is 0.714. The van der Waals surface area contributed by atoms with E-state index in [9.17, 15) is 8.42 Å². The number of hydrogen-bond donors (Lipinski definition) is 1. The topological polar surface area (TPSA) is 117 Å². The van der Waals surface area contributed by atoms with Gasteiger partial charge in [0.2, 0.25) is 0 Å². The lowest BCUT2D eigenvalue weighted by molar-refractivity contribution is 0.291. The highest BCUT2D eigenvalue weighted by atomic mass is 32.2. The average molecular weight is 465 g/mol. The maximum Gasteiger partial charge on any atom is 0.265 e. The minimum Gasteiger partial charge on any atom is -0.492 e. The monoisotopic (exact) mass is 464 g/mol. The first-order valence-electron chi connectivity index (χ1n) is 10.5. The number of fused-ring (bicyclic) bond motifs is 4. The number of nitrogens with one attached hydrogen (secondary N) is 1. The minimum atomic E-state index is -3.97. The van der Waals surface area contributed by atoms with E-state index in [0.717, 1.165) is 29.4 Å². The van der Waals surface area contributed by atoms with Gasteiger partial charge in [-0.2, -0.15) is 10.2 Å². The molecule has 0 saturated heterocycles. The maximum absolute atomic E-state index is 13.4. The molecule has 0 amide bonds. The highest BCUT2D eigenvalue weighted by molar-refractivity contribution is 7.93. The van der Waals surface area contributed by atoms with Crippen LogP contribution in [0, 0.1) is 0 Å². The quantitative estimate of drug-likeness (QED) is 0.425. The Hall–Kier alpha value is -3.86. The van der Waals surface area contributed by atoms with Gasteiger partial charge in [-0.05, 0) is 36.6 Å². The number of aryl methyl sites for hydroxylation is 1. The Morgan fingerprint density at radius 1 is 1.21 bits per heavy atom. The zero-order valence-corrected chi connectivity index (χ0v) is 18.5. The van der Waals surface area contributed by atoms with Gasteiger partial charge in [0.1, 0.15) is 16.0 Å². The SMILES string of the molecule is Cn1ncc2cccc(S(=O)(=O)Nc3noc4cc(Cn5cccn5)c5c(c34)OCCC5)c21. The molecule has 10 nitrogen and oxygen atoms in total. The number of ether oxygens (including phenoxy) is 1. The molecule has 1 aliphatic rings. The van der Waals surface area contributed by atoms with Crippen LogP contribution in [0.15, 0.2) is 58.3 Å². The van der Waals surface area contributed by atoms with Gasteiger partial charge in [0.05, 0.1) is 24.9 Å². The number of benzene rings is 2. The predicted octanol–water partition coefficient (Wildman–Crippen LogP) is 3.09. The van der Waals surface area contributed by atoms with Gasteiger partial charge >= 0.3 is 0 Å². The number of sulfonamides is 1. The molecule has 0 fully saturated rings. The van der Waals surface area contributed by atoms with Crippen LogP contribution in [0.1, 0.15) is 17.5 Å². The van der Waals surface area contributed by atoms with Crippen LogP contribution in [0.5, 0.6) is 5.75 Å². The van der Waals surface area contributed by atoms with Crippen LogP contribution < -0.4 is 9.46 Å². The van der Waals surface area contributed by atoms with Crippen LogP contribution in [0.3, 0.4) is 0 Å². The summed E-state index contributed by atoms with van der Waals surface area (Å²) in [6.07, 6.45) is 6.93. The molecule has 5 aromatic rings. The fourth-order valence-electron chi connectivity index (χ4n) is 4.39. The fourth-order valence-corrected chi connectivity index (χ4v) is 5.66. The Bertz CT molecular complexity index is 1600. The molecule has 11 heteroatoms. The zero-order valence-electron chi connectivity index (χ0n) is 17.7. The minimum absolute atomic E-state index is 0.105. The second-order valence-electron chi connectivity index (χ2n) is 7.97. The highest BCUT2D eigenvalue weighted by Gasteiger charge is 2.27. The average Bonchev–Trinajstić information content (AvgIpc) is 3.55. The molecule has 0 spiro atoms. The van der Waals surface area contributed by atoms with E-state index in [-0.39, 0.29) is 10.7 Å². The Balaban J connectivity index is 1.46. The molecule has 0 saturated carbocycles. The Morgan fingerprint density at radius 3 is 2.97 bits per heavy atom. The smallest absolute Gasteiger partial charge is 0.265 e. The standard InChI is InChI=1S/C22H20N6O4S/c1-27-20-14(12-24-27)5-2-7-18(20)33(29,30)26-22-19-17(32-25-22)11-15(13-28-9-4-8-23-28)16-6-3-10-31-21(16)19/h2,4-5,7-9,11-12H,3,6,10,13H2,1H3,(H,25,26). The molecular weight excluding hydrogens is 444 g/mol. The molecule has 0 aliphatic carbocycles. The molecular formula is C22H20N6O4S. The molecule has 1 aliphatic heterocycles. The van der Waals surface area contributed by atoms with Crippen LogP contribution in [-0.2, 0) is 30.0 Å². The molecule has 33 heavy (non-hydrogen) atoms. The molecule has 3 aromatic heterocycles. The van der Waals surface area contributed by atoms with Gasteiger partial charge in [-0.15, -0.1) is 0 Å². The molecule has 168 valence electrons. The van der Waals surface area contributed by atoms with Crippen LogP contribution >= 0.6 is 0 Å². The number of para-hydroxylation sites is 1. The number of rotatable bonds is 5. The molecule has 2 aromatic carbocycles. The van der Waals surface area contributed by atoms with E-state index < -0.39 is 10.0 Å². The second-order valence-corrected chi connectivity index (χ2v) is 9.62. The fraction of sp³-hybridized carbons (Fsp3) is 0.227. The number of aromatic nitrogens is 5. The van der Waals surface area contributed by atoms with Crippen molar-refractivity contribution in [1.82, 2.24) is 24.7 Å². The Kier molecular flexibility index (Phi) is 4.40. The zero-order chi connectivity index (χ0) is 22.6. The van der Waals surface area contributed by atoms with E-state index in [4.69, 9.17) is 9.26 Å². The number of nitrogens with zero attached hydrogens (tertiary/aromatic N) is 5. The molecule has 0 atom stereocenters. The van der Waals surface area contributed by atoms with Crippen molar-refractivity contribution in [3.8, 4) is 5.75 Å². The third-order valence-electron chi connectivity index (χ3n) is 5.87. The first kappa shape index (κ1) is 19.8. The van der Waals surface area contributed by atoms with Crippen molar-refractivity contribution in [2.24, 2.45) is 7.05 Å². The van der Waals surface area contributed by atoms with Gasteiger partial charge in [-0.3, -0.25) is 14.1 Å². The summed E-state index contributed by atoms with van der Waals surface area (Å²) in [6.45, 7) is 1.10. The maximum atomic E-state index is 13.4. The summed E-state index contributed by atoms with van der Waals surface area (Å²) < 4.78 is 44.3. The molecule has 1 N–H and O–H groups in total. The largest absolute Gasteiger partial charge is 0.492 e. The molecule has 6 rings (SSSR count). The van der Waals surface area contributed by atoms with Crippen molar-refractivity contribution < 1.29 is 17.7 Å². The lowest BCUT2D eigenvalue weighted by Gasteiger charge is -2.21. The lowest BCUT2D eigenvalue weighted by Crippen LogP contribution is -2.16. The third kappa shape index (κ3) is 3.23. The predicted molar refractivity (Wildman–Crippen MR) is 121 cm³/mol. The summed E-state index contributed by atoms with van der Waals surface area (Å²) in [5, 5.41) is 13.8. The van der Waals surface area contributed by atoms with Gasteiger partial charge in [-0.25, -0.2) is 8.42 Å². The summed E-state index contributed by atoms with van der Waals surface area (Å²) >= 11 is 0. The summed E-state index contributed by atoms with van der Waals surface area (Å²) in [5.41, 5.74) is 2.99. The Labute approximate surface area is 188 Å². The van der Waals surface area contributed by atoms with Gasteiger partial charge in [0, 0.05) is 30.4 Å². The Morgan fingerprint density at radius 2 is 2.12 bits per heavy atom. The summed E-state index contributed by atoms with van der Waals surface area (Å²) in [6, 6.07) is 8.80. The van der Waals surface area contributed by atoms with Crippen LogP contribution in [-0.4, -0.2) is 39.7 Å². The molecule has 4 heterocycles. The summed E-state index contributed by atoms with van der Waals surface area (Å²) in [4.78, 5) is 0.112. The van der Waals surface area contributed by atoms with E-state index >= 15 is 0 Å². The van der Waals surface area contributed by atoms with E-state index in [1.54, 1.807) is 31.6 Å². The third-order valence-corrected chi connectivity index (χ3v) is 7.24. The van der Waals surface area contributed by atoms with Crippen molar-refractivity contribution in [2.45, 2.75) is 24.3 Å². The first-order chi connectivity index (χ1) is 16.0. The first-order valence-corrected chi connectivity index (χ1v) is 12.0. The van der Waals surface area contributed by atoms with Crippen LogP contribution in [0.4, 0.5) is 5.82 Å². The van der Waals surface area contributed by atoms with Gasteiger partial charge in [-0.1, -0.05) is 17.3 Å². The van der Waals surface area contributed by atoms with Gasteiger partial charge in [0.15, 0.2) is 11.4 Å². The van der Waals surface area contributed by atoms with Gasteiger partial charge < -0.3 is 9.26 Å². The van der Waals surface area contributed by atoms with Crippen LogP contribution in [0.25, 0.3) is 21.9 Å². The van der Waals surface area contributed by atoms with Crippen molar-refractivity contribution in [2.75, 3.05) is 11.3 Å². The van der Waals surface area contributed by atoms with E-state index in [2.05, 4.69) is 20.1 Å². The van der Waals surface area contributed by atoms with E-state index in [1.165, 1.54) is 4.68 Å². The number of anilines is 1. The second kappa shape index (κ2) is 7.34. The molecule has 0 unspecified atom stereocenters.